The number of anilines is 1. The van der Waals surface area contributed by atoms with E-state index in [1.54, 1.807) is 11.8 Å². The van der Waals surface area contributed by atoms with Crippen molar-refractivity contribution in [3.05, 3.63) is 52.9 Å². The van der Waals surface area contributed by atoms with Gasteiger partial charge in [0.25, 0.3) is 11.1 Å². The minimum absolute atomic E-state index is 0.0655. The summed E-state index contributed by atoms with van der Waals surface area (Å²) in [5, 5.41) is 2.03. The number of carbonyl (C=O) groups excluding carboxylic acids is 4. The number of nitrogens with one attached hydrogen (secondary N) is 1. The zero-order valence-corrected chi connectivity index (χ0v) is 23.0. The van der Waals surface area contributed by atoms with E-state index in [1.807, 2.05) is 0 Å². The Hall–Kier alpha value is -3.84. The highest BCUT2D eigenvalue weighted by Crippen LogP contribution is 2.36. The Morgan fingerprint density at radius 2 is 1.74 bits per heavy atom. The van der Waals surface area contributed by atoms with Crippen LogP contribution in [-0.4, -0.2) is 67.4 Å². The van der Waals surface area contributed by atoms with Crippen molar-refractivity contribution in [1.82, 2.24) is 9.80 Å². The van der Waals surface area contributed by atoms with Gasteiger partial charge in [0.1, 0.15) is 11.4 Å². The van der Waals surface area contributed by atoms with Crippen LogP contribution in [0.25, 0.3) is 6.08 Å². The molecule has 0 radical (unpaired) electrons. The van der Waals surface area contributed by atoms with Gasteiger partial charge in [-0.3, -0.25) is 24.1 Å². The number of imide groups is 1. The first-order valence-electron chi connectivity index (χ1n) is 12.2. The second kappa shape index (κ2) is 11.9. The van der Waals surface area contributed by atoms with Crippen LogP contribution in [-0.2, 0) is 24.5 Å². The fourth-order valence-corrected chi connectivity index (χ4v) is 5.79. The van der Waals surface area contributed by atoms with Gasteiger partial charge in [-0.2, -0.15) is 8.42 Å². The molecule has 0 atom stereocenters. The quantitative estimate of drug-likeness (QED) is 0.353. The molecule has 2 aromatic carbocycles. The molecule has 206 valence electrons. The Labute approximate surface area is 230 Å². The maximum atomic E-state index is 12.9. The van der Waals surface area contributed by atoms with Crippen LogP contribution in [0.5, 0.6) is 11.5 Å². The number of carbonyl (C=O) groups is 4. The number of likely N-dealkylation sites (tertiary alicyclic amines) is 1. The Morgan fingerprint density at radius 3 is 2.38 bits per heavy atom. The molecule has 2 fully saturated rings. The van der Waals surface area contributed by atoms with Gasteiger partial charge in [-0.15, -0.1) is 0 Å². The summed E-state index contributed by atoms with van der Waals surface area (Å²) in [6.45, 7) is 4.21. The molecule has 2 heterocycles. The lowest BCUT2D eigenvalue weighted by Crippen LogP contribution is -2.40. The number of amides is 4. The van der Waals surface area contributed by atoms with Crippen molar-refractivity contribution in [2.75, 3.05) is 31.6 Å². The topological polar surface area (TPSA) is 139 Å². The molecule has 4 amide bonds. The lowest BCUT2D eigenvalue weighted by atomic mass is 10.2. The van der Waals surface area contributed by atoms with Crippen LogP contribution in [0, 0.1) is 0 Å². The Morgan fingerprint density at radius 1 is 1.05 bits per heavy atom. The lowest BCUT2D eigenvalue weighted by molar-refractivity contribution is -0.135. The minimum atomic E-state index is -4.23. The Kier molecular flexibility index (Phi) is 8.60. The van der Waals surface area contributed by atoms with Crippen LogP contribution in [0.2, 0.25) is 0 Å². The van der Waals surface area contributed by atoms with Gasteiger partial charge in [0.05, 0.1) is 11.5 Å². The third kappa shape index (κ3) is 6.79. The summed E-state index contributed by atoms with van der Waals surface area (Å²) < 4.78 is 36.6. The summed E-state index contributed by atoms with van der Waals surface area (Å²) in [4.78, 5) is 51.5. The maximum Gasteiger partial charge on any atom is 0.339 e. The van der Waals surface area contributed by atoms with E-state index >= 15 is 0 Å². The van der Waals surface area contributed by atoms with Gasteiger partial charge in [-0.25, -0.2) is 0 Å². The number of hydrogen-bond donors (Lipinski definition) is 1. The molecule has 2 saturated heterocycles. The first kappa shape index (κ1) is 28.2. The maximum absolute atomic E-state index is 12.9. The number of nitrogens with zero attached hydrogens (tertiary/aromatic N) is 2. The highest BCUT2D eigenvalue weighted by molar-refractivity contribution is 8.18. The largest absolute Gasteiger partial charge is 0.490 e. The van der Waals surface area contributed by atoms with Gasteiger partial charge in [0.2, 0.25) is 11.8 Å². The molecule has 0 aliphatic carbocycles. The van der Waals surface area contributed by atoms with E-state index in [1.165, 1.54) is 55.5 Å². The first-order valence-corrected chi connectivity index (χ1v) is 14.4. The molecule has 2 aromatic rings. The number of benzene rings is 2. The summed E-state index contributed by atoms with van der Waals surface area (Å²) in [7, 11) is -4.23. The molecule has 11 nitrogen and oxygen atoms in total. The molecule has 39 heavy (non-hydrogen) atoms. The van der Waals surface area contributed by atoms with E-state index in [9.17, 15) is 27.6 Å². The molecule has 0 saturated carbocycles. The fourth-order valence-electron chi connectivity index (χ4n) is 4.02. The van der Waals surface area contributed by atoms with Gasteiger partial charge in [-0.1, -0.05) is 6.07 Å². The molecule has 1 N–H and O–H groups in total. The van der Waals surface area contributed by atoms with Crippen LogP contribution in [0.15, 0.2) is 52.3 Å². The zero-order chi connectivity index (χ0) is 28.2. The van der Waals surface area contributed by atoms with Crippen LogP contribution in [0.4, 0.5) is 10.5 Å². The van der Waals surface area contributed by atoms with Crippen LogP contribution in [0.1, 0.15) is 32.3 Å². The highest BCUT2D eigenvalue weighted by atomic mass is 32.2. The van der Waals surface area contributed by atoms with Crippen LogP contribution < -0.4 is 14.2 Å². The van der Waals surface area contributed by atoms with Gasteiger partial charge >= 0.3 is 10.1 Å². The molecule has 0 bridgehead atoms. The lowest BCUT2D eigenvalue weighted by Gasteiger charge is -2.18. The van der Waals surface area contributed by atoms with Crippen molar-refractivity contribution in [2.45, 2.75) is 31.6 Å². The highest BCUT2D eigenvalue weighted by Gasteiger charge is 2.37. The minimum Gasteiger partial charge on any atom is -0.490 e. The van der Waals surface area contributed by atoms with E-state index in [0.29, 0.717) is 24.3 Å². The standard InChI is InChI=1S/C26H27N3O8S2/c1-3-36-22-14-18(15-23-25(32)29(26(33)38-23)16-24(31)28-12-4-5-13-28)6-11-21(22)37-39(34,35)20-9-7-19(8-10-20)27-17(2)30/h6-11,14-15H,3-5,12-13,16H2,1-2H3,(H,27,30)/b23-15-. The van der Waals surface area contributed by atoms with Gasteiger partial charge < -0.3 is 19.1 Å². The van der Waals surface area contributed by atoms with Crippen molar-refractivity contribution in [1.29, 1.82) is 0 Å². The van der Waals surface area contributed by atoms with Crippen LogP contribution in [0.3, 0.4) is 0 Å². The van der Waals surface area contributed by atoms with E-state index in [2.05, 4.69) is 5.32 Å². The number of ether oxygens (including phenoxy) is 1. The summed E-state index contributed by atoms with van der Waals surface area (Å²) in [6, 6.07) is 9.90. The van der Waals surface area contributed by atoms with Gasteiger partial charge in [0.15, 0.2) is 11.5 Å². The fraction of sp³-hybridized carbons (Fsp3) is 0.308. The van der Waals surface area contributed by atoms with E-state index in [-0.39, 0.29) is 46.3 Å². The summed E-state index contributed by atoms with van der Waals surface area (Å²) in [6.07, 6.45) is 3.29. The first-order chi connectivity index (χ1) is 18.6. The van der Waals surface area contributed by atoms with Gasteiger partial charge in [-0.05, 0) is 79.6 Å². The molecule has 0 unspecified atom stereocenters. The van der Waals surface area contributed by atoms with Crippen molar-refractivity contribution in [2.24, 2.45) is 0 Å². The predicted molar refractivity (Wildman–Crippen MR) is 145 cm³/mol. The normalized spacial score (nSPS) is 16.6. The molecular weight excluding hydrogens is 546 g/mol. The van der Waals surface area contributed by atoms with Gasteiger partial charge in [0, 0.05) is 25.7 Å². The summed E-state index contributed by atoms with van der Waals surface area (Å²) in [5.41, 5.74) is 0.907. The average Bonchev–Trinajstić information content (AvgIpc) is 3.51. The molecule has 2 aliphatic rings. The Bertz CT molecular complexity index is 1430. The smallest absolute Gasteiger partial charge is 0.339 e. The summed E-state index contributed by atoms with van der Waals surface area (Å²) >= 11 is 0.730. The van der Waals surface area contributed by atoms with Crippen molar-refractivity contribution < 1.29 is 36.5 Å². The Balaban J connectivity index is 1.51. The third-order valence-electron chi connectivity index (χ3n) is 5.85. The van der Waals surface area contributed by atoms with E-state index in [0.717, 1.165) is 29.5 Å². The molecule has 13 heteroatoms. The molecule has 2 aliphatic heterocycles. The second-order valence-corrected chi connectivity index (χ2v) is 11.3. The van der Waals surface area contributed by atoms with Crippen molar-refractivity contribution in [3.8, 4) is 11.5 Å². The molecule has 0 spiro atoms. The summed E-state index contributed by atoms with van der Waals surface area (Å²) in [5.74, 6) is -1.07. The number of rotatable bonds is 9. The third-order valence-corrected chi connectivity index (χ3v) is 8.01. The molecule has 0 aromatic heterocycles. The predicted octanol–water partition coefficient (Wildman–Crippen LogP) is 3.47. The molecular formula is C26H27N3O8S2. The average molecular weight is 574 g/mol. The monoisotopic (exact) mass is 573 g/mol. The van der Waals surface area contributed by atoms with Crippen LogP contribution >= 0.6 is 11.8 Å². The second-order valence-electron chi connectivity index (χ2n) is 8.74. The SMILES string of the molecule is CCOc1cc(/C=C2\SC(=O)N(CC(=O)N3CCCC3)C2=O)ccc1OS(=O)(=O)c1ccc(NC(C)=O)cc1. The zero-order valence-electron chi connectivity index (χ0n) is 21.3. The number of thioether (sulfide) groups is 1. The van der Waals surface area contributed by atoms with E-state index in [4.69, 9.17) is 8.92 Å². The number of hydrogen-bond acceptors (Lipinski definition) is 9. The van der Waals surface area contributed by atoms with E-state index < -0.39 is 21.3 Å². The van der Waals surface area contributed by atoms with Crippen molar-refractivity contribution >= 4 is 56.6 Å². The van der Waals surface area contributed by atoms with Crippen molar-refractivity contribution in [3.63, 3.8) is 0 Å². The molecule has 4 rings (SSSR count).